The van der Waals surface area contributed by atoms with Crippen molar-refractivity contribution in [3.05, 3.63) is 59.9 Å². The molecule has 0 saturated carbocycles. The second kappa shape index (κ2) is 6.17. The highest BCUT2D eigenvalue weighted by Crippen LogP contribution is 2.21. The van der Waals surface area contributed by atoms with Crippen molar-refractivity contribution in [1.29, 1.82) is 0 Å². The molecule has 2 aromatic rings. The lowest BCUT2D eigenvalue weighted by Gasteiger charge is -2.11. The van der Waals surface area contributed by atoms with Gasteiger partial charge in [0.05, 0.1) is 13.2 Å². The summed E-state index contributed by atoms with van der Waals surface area (Å²) in [6.45, 7) is 0. The molecule has 18 heavy (non-hydrogen) atoms. The van der Waals surface area contributed by atoms with E-state index in [1.165, 1.54) is 0 Å². The van der Waals surface area contributed by atoms with Gasteiger partial charge in [0, 0.05) is 11.9 Å². The Morgan fingerprint density at radius 2 is 1.94 bits per heavy atom. The molecule has 0 bridgehead atoms. The number of methoxy groups -OCH3 is 1. The molecule has 1 atom stereocenters. The van der Waals surface area contributed by atoms with E-state index < -0.39 is 6.10 Å². The lowest BCUT2D eigenvalue weighted by molar-refractivity contribution is 0.167. The van der Waals surface area contributed by atoms with Crippen molar-refractivity contribution in [2.24, 2.45) is 0 Å². The fourth-order valence-electron chi connectivity index (χ4n) is 1.82. The maximum absolute atomic E-state index is 10.1. The summed E-state index contributed by atoms with van der Waals surface area (Å²) in [5, 5.41) is 10.1. The molecule has 1 unspecified atom stereocenters. The highest BCUT2D eigenvalue weighted by atomic mass is 16.5. The zero-order chi connectivity index (χ0) is 12.8. The van der Waals surface area contributed by atoms with Gasteiger partial charge in [0.2, 0.25) is 0 Å². The summed E-state index contributed by atoms with van der Waals surface area (Å²) >= 11 is 0. The van der Waals surface area contributed by atoms with Gasteiger partial charge in [0.1, 0.15) is 5.75 Å². The fourth-order valence-corrected chi connectivity index (χ4v) is 1.82. The summed E-state index contributed by atoms with van der Waals surface area (Å²) in [6.07, 6.45) is 2.75. The van der Waals surface area contributed by atoms with E-state index in [-0.39, 0.29) is 0 Å². The fraction of sp³-hybridized carbons (Fsp3) is 0.267. The average Bonchev–Trinajstić information content (AvgIpc) is 2.46. The molecule has 1 aromatic carbocycles. The summed E-state index contributed by atoms with van der Waals surface area (Å²) in [7, 11) is 1.63. The van der Waals surface area contributed by atoms with E-state index in [4.69, 9.17) is 4.74 Å². The van der Waals surface area contributed by atoms with Crippen molar-refractivity contribution >= 4 is 0 Å². The molecule has 0 aliphatic carbocycles. The molecule has 0 saturated heterocycles. The van der Waals surface area contributed by atoms with Gasteiger partial charge in [-0.1, -0.05) is 18.2 Å². The average molecular weight is 243 g/mol. The monoisotopic (exact) mass is 243 g/mol. The number of pyridine rings is 1. The Morgan fingerprint density at radius 3 is 2.56 bits per heavy atom. The number of benzene rings is 1. The van der Waals surface area contributed by atoms with Crippen molar-refractivity contribution in [2.75, 3.05) is 7.11 Å². The second-order valence-corrected chi connectivity index (χ2v) is 4.15. The molecule has 0 aliphatic heterocycles. The lowest BCUT2D eigenvalue weighted by Crippen LogP contribution is -2.00. The van der Waals surface area contributed by atoms with Crippen LogP contribution in [0.5, 0.6) is 5.75 Å². The third kappa shape index (κ3) is 3.31. The first-order valence-electron chi connectivity index (χ1n) is 6.01. The van der Waals surface area contributed by atoms with Crippen LogP contribution in [0.2, 0.25) is 0 Å². The smallest absolute Gasteiger partial charge is 0.118 e. The van der Waals surface area contributed by atoms with Crippen molar-refractivity contribution in [2.45, 2.75) is 18.9 Å². The first-order valence-corrected chi connectivity index (χ1v) is 6.01. The molecule has 0 spiro atoms. The van der Waals surface area contributed by atoms with Crippen LogP contribution in [-0.2, 0) is 6.42 Å². The number of aryl methyl sites for hydroxylation is 1. The molecule has 94 valence electrons. The molecule has 0 amide bonds. The predicted octanol–water partition coefficient (Wildman–Crippen LogP) is 2.76. The quantitative estimate of drug-likeness (QED) is 0.878. The molecule has 1 N–H and O–H groups in total. The van der Waals surface area contributed by atoms with E-state index >= 15 is 0 Å². The largest absolute Gasteiger partial charge is 0.497 e. The standard InChI is InChI=1S/C15H17NO2/c1-18-14-8-5-12(6-9-14)15(17)10-7-13-4-2-3-11-16-13/h2-6,8-9,11,15,17H,7,10H2,1H3. The van der Waals surface area contributed by atoms with Crippen LogP contribution in [0.4, 0.5) is 0 Å². The molecule has 2 rings (SSSR count). The topological polar surface area (TPSA) is 42.4 Å². The normalized spacial score (nSPS) is 12.1. The molecule has 3 heteroatoms. The van der Waals surface area contributed by atoms with Gasteiger partial charge >= 0.3 is 0 Å². The minimum Gasteiger partial charge on any atom is -0.497 e. The molecular weight excluding hydrogens is 226 g/mol. The van der Waals surface area contributed by atoms with Crippen LogP contribution in [-0.4, -0.2) is 17.2 Å². The third-order valence-electron chi connectivity index (χ3n) is 2.90. The minimum atomic E-state index is -0.460. The van der Waals surface area contributed by atoms with Gasteiger partial charge in [0.15, 0.2) is 0 Å². The number of aromatic nitrogens is 1. The van der Waals surface area contributed by atoms with Gasteiger partial charge in [-0.3, -0.25) is 4.98 Å². The van der Waals surface area contributed by atoms with Crippen molar-refractivity contribution < 1.29 is 9.84 Å². The minimum absolute atomic E-state index is 0.460. The molecular formula is C15H17NO2. The van der Waals surface area contributed by atoms with Gasteiger partial charge in [-0.05, 0) is 42.7 Å². The van der Waals surface area contributed by atoms with E-state index in [9.17, 15) is 5.11 Å². The summed E-state index contributed by atoms with van der Waals surface area (Å²) in [6, 6.07) is 13.3. The molecule has 1 heterocycles. The number of ether oxygens (including phenoxy) is 1. The van der Waals surface area contributed by atoms with Crippen LogP contribution < -0.4 is 4.74 Å². The zero-order valence-corrected chi connectivity index (χ0v) is 10.4. The van der Waals surface area contributed by atoms with Crippen LogP contribution in [0, 0.1) is 0 Å². The van der Waals surface area contributed by atoms with Gasteiger partial charge in [-0.25, -0.2) is 0 Å². The number of rotatable bonds is 5. The van der Waals surface area contributed by atoms with Crippen LogP contribution in [0.1, 0.15) is 23.8 Å². The molecule has 0 aliphatic rings. The van der Waals surface area contributed by atoms with E-state index in [2.05, 4.69) is 4.98 Å². The Morgan fingerprint density at radius 1 is 1.17 bits per heavy atom. The van der Waals surface area contributed by atoms with Gasteiger partial charge in [0.25, 0.3) is 0 Å². The summed E-state index contributed by atoms with van der Waals surface area (Å²) in [5.74, 6) is 0.802. The molecule has 1 aromatic heterocycles. The van der Waals surface area contributed by atoms with Crippen molar-refractivity contribution in [3.8, 4) is 5.75 Å². The van der Waals surface area contributed by atoms with Gasteiger partial charge in [-0.15, -0.1) is 0 Å². The van der Waals surface area contributed by atoms with Crippen LogP contribution in [0.15, 0.2) is 48.7 Å². The maximum Gasteiger partial charge on any atom is 0.118 e. The predicted molar refractivity (Wildman–Crippen MR) is 70.5 cm³/mol. The van der Waals surface area contributed by atoms with Crippen LogP contribution >= 0.6 is 0 Å². The number of aliphatic hydroxyl groups excluding tert-OH is 1. The van der Waals surface area contributed by atoms with Crippen molar-refractivity contribution in [3.63, 3.8) is 0 Å². The summed E-state index contributed by atoms with van der Waals surface area (Å²) in [5.41, 5.74) is 1.91. The second-order valence-electron chi connectivity index (χ2n) is 4.15. The van der Waals surface area contributed by atoms with Crippen LogP contribution in [0.3, 0.4) is 0 Å². The van der Waals surface area contributed by atoms with Gasteiger partial charge in [-0.2, -0.15) is 0 Å². The van der Waals surface area contributed by atoms with Gasteiger partial charge < -0.3 is 9.84 Å². The zero-order valence-electron chi connectivity index (χ0n) is 10.4. The van der Waals surface area contributed by atoms with Crippen molar-refractivity contribution in [1.82, 2.24) is 4.98 Å². The van der Waals surface area contributed by atoms with E-state index in [0.29, 0.717) is 6.42 Å². The first-order chi connectivity index (χ1) is 8.79. The number of hydrogen-bond acceptors (Lipinski definition) is 3. The first kappa shape index (κ1) is 12.6. The molecule has 0 fully saturated rings. The Labute approximate surface area is 107 Å². The van der Waals surface area contributed by atoms with E-state index in [1.54, 1.807) is 13.3 Å². The Hall–Kier alpha value is -1.87. The Bertz CT molecular complexity index is 468. The highest BCUT2D eigenvalue weighted by molar-refractivity contribution is 5.28. The lowest BCUT2D eigenvalue weighted by atomic mass is 10.0. The summed E-state index contributed by atoms with van der Waals surface area (Å²) in [4.78, 5) is 4.24. The highest BCUT2D eigenvalue weighted by Gasteiger charge is 2.08. The maximum atomic E-state index is 10.1. The molecule has 3 nitrogen and oxygen atoms in total. The van der Waals surface area contributed by atoms with E-state index in [1.807, 2.05) is 42.5 Å². The number of aliphatic hydroxyl groups is 1. The Balaban J connectivity index is 1.93. The molecule has 0 radical (unpaired) electrons. The summed E-state index contributed by atoms with van der Waals surface area (Å²) < 4.78 is 5.09. The van der Waals surface area contributed by atoms with Crippen LogP contribution in [0.25, 0.3) is 0 Å². The van der Waals surface area contributed by atoms with E-state index in [0.717, 1.165) is 23.4 Å². The Kier molecular flexibility index (Phi) is 4.31. The number of nitrogens with zero attached hydrogens (tertiary/aromatic N) is 1. The SMILES string of the molecule is COc1ccc(C(O)CCc2ccccn2)cc1. The third-order valence-corrected chi connectivity index (χ3v) is 2.90. The number of hydrogen-bond donors (Lipinski definition) is 1.